The average molecular weight is 583 g/mol. The van der Waals surface area contributed by atoms with Gasteiger partial charge < -0.3 is 4.74 Å². The highest BCUT2D eigenvalue weighted by Gasteiger charge is 2.61. The number of halogens is 1. The number of hydrogen-bond acceptors (Lipinski definition) is 5. The molecule has 4 atom stereocenters. The molecule has 2 aliphatic heterocycles. The lowest BCUT2D eigenvalue weighted by Crippen LogP contribution is -2.42. The molecule has 3 fully saturated rings. The van der Waals surface area contributed by atoms with Crippen molar-refractivity contribution in [2.24, 2.45) is 17.8 Å². The Morgan fingerprint density at radius 3 is 2.33 bits per heavy atom. The fourth-order valence-electron chi connectivity index (χ4n) is 7.40. The van der Waals surface area contributed by atoms with E-state index in [-0.39, 0.29) is 29.3 Å². The summed E-state index contributed by atoms with van der Waals surface area (Å²) in [5.74, 6) is -1.21. The molecule has 0 bridgehead atoms. The Kier molecular flexibility index (Phi) is 7.30. The Balaban J connectivity index is 1.49. The summed E-state index contributed by atoms with van der Waals surface area (Å²) in [6, 6.07) is 13.4. The molecule has 2 saturated heterocycles. The third-order valence-electron chi connectivity index (χ3n) is 9.15. The van der Waals surface area contributed by atoms with Crippen LogP contribution in [0.2, 0.25) is 5.02 Å². The highest BCUT2D eigenvalue weighted by molar-refractivity contribution is 7.89. The van der Waals surface area contributed by atoms with Gasteiger partial charge in [0.2, 0.25) is 21.8 Å². The van der Waals surface area contributed by atoms with Gasteiger partial charge in [0.25, 0.3) is 0 Å². The number of rotatable bonds is 6. The van der Waals surface area contributed by atoms with Gasteiger partial charge in [-0.3, -0.25) is 14.5 Å². The number of amides is 2. The molecule has 0 unspecified atom stereocenters. The van der Waals surface area contributed by atoms with Crippen LogP contribution >= 0.6 is 11.6 Å². The van der Waals surface area contributed by atoms with E-state index in [1.807, 2.05) is 25.1 Å². The van der Waals surface area contributed by atoms with Gasteiger partial charge in [-0.15, -0.1) is 0 Å². The summed E-state index contributed by atoms with van der Waals surface area (Å²) in [7, 11) is -3.97. The molecule has 2 aromatic carbocycles. The Labute approximate surface area is 241 Å². The Morgan fingerprint density at radius 2 is 1.65 bits per heavy atom. The molecule has 2 aliphatic carbocycles. The maximum Gasteiger partial charge on any atom is 0.244 e. The molecule has 40 heavy (non-hydrogen) atoms. The molecule has 6 rings (SSSR count). The molecular formula is C31H35ClN2O5S. The maximum absolute atomic E-state index is 14.3. The van der Waals surface area contributed by atoms with Crippen molar-refractivity contribution in [2.45, 2.75) is 69.4 Å². The van der Waals surface area contributed by atoms with Crippen LogP contribution in [-0.2, 0) is 24.3 Å². The number of imide groups is 1. The SMILES string of the molecule is CCOC1=C2[C@@H](CN(S(=O)(=O)c3ccccc3C)[C@H]2c2ccc(Cl)cc2)[C@H]2C(=O)N(C3CCCCC3)C(=O)[C@H]2C1. The molecule has 1 saturated carbocycles. The van der Waals surface area contributed by atoms with Crippen molar-refractivity contribution in [1.29, 1.82) is 0 Å². The van der Waals surface area contributed by atoms with E-state index in [4.69, 9.17) is 16.3 Å². The van der Waals surface area contributed by atoms with E-state index < -0.39 is 33.8 Å². The number of hydrogen-bond donors (Lipinski definition) is 0. The zero-order valence-corrected chi connectivity index (χ0v) is 24.5. The minimum absolute atomic E-state index is 0.0707. The van der Waals surface area contributed by atoms with Crippen LogP contribution in [0.15, 0.2) is 64.8 Å². The van der Waals surface area contributed by atoms with Gasteiger partial charge in [-0.05, 0) is 61.6 Å². The highest BCUT2D eigenvalue weighted by Crippen LogP contribution is 2.56. The highest BCUT2D eigenvalue weighted by atomic mass is 35.5. The van der Waals surface area contributed by atoms with E-state index in [0.29, 0.717) is 29.4 Å². The van der Waals surface area contributed by atoms with Crippen molar-refractivity contribution in [3.8, 4) is 0 Å². The number of aryl methyl sites for hydroxylation is 1. The summed E-state index contributed by atoms with van der Waals surface area (Å²) in [5, 5.41) is 0.550. The lowest BCUT2D eigenvalue weighted by atomic mass is 9.71. The minimum Gasteiger partial charge on any atom is -0.498 e. The van der Waals surface area contributed by atoms with Crippen LogP contribution in [0.25, 0.3) is 0 Å². The van der Waals surface area contributed by atoms with Crippen molar-refractivity contribution >= 4 is 33.4 Å². The molecule has 0 spiro atoms. The zero-order valence-electron chi connectivity index (χ0n) is 22.9. The molecule has 0 radical (unpaired) electrons. The molecule has 0 N–H and O–H groups in total. The van der Waals surface area contributed by atoms with Crippen LogP contribution in [0.1, 0.15) is 62.6 Å². The predicted octanol–water partition coefficient (Wildman–Crippen LogP) is 5.64. The van der Waals surface area contributed by atoms with E-state index in [0.717, 1.165) is 43.2 Å². The normalized spacial score (nSPS) is 27.7. The number of nitrogens with zero attached hydrogens (tertiary/aromatic N) is 2. The summed E-state index contributed by atoms with van der Waals surface area (Å²) in [4.78, 5) is 29.7. The molecule has 0 aromatic heterocycles. The van der Waals surface area contributed by atoms with Gasteiger partial charge in [-0.25, -0.2) is 8.42 Å². The third kappa shape index (κ3) is 4.39. The van der Waals surface area contributed by atoms with Gasteiger partial charge in [0.05, 0.1) is 35.1 Å². The predicted molar refractivity (Wildman–Crippen MR) is 152 cm³/mol. The van der Waals surface area contributed by atoms with Crippen molar-refractivity contribution in [3.63, 3.8) is 0 Å². The third-order valence-corrected chi connectivity index (χ3v) is 11.4. The van der Waals surface area contributed by atoms with Gasteiger partial charge in [-0.2, -0.15) is 4.31 Å². The lowest BCUT2D eigenvalue weighted by molar-refractivity contribution is -0.143. The first-order valence-electron chi connectivity index (χ1n) is 14.3. The molecular weight excluding hydrogens is 548 g/mol. The number of ether oxygens (including phenoxy) is 1. The number of sulfonamides is 1. The maximum atomic E-state index is 14.3. The average Bonchev–Trinajstić information content (AvgIpc) is 3.46. The number of fused-ring (bicyclic) bond motifs is 3. The minimum atomic E-state index is -3.97. The second-order valence-corrected chi connectivity index (χ2v) is 13.7. The van der Waals surface area contributed by atoms with E-state index in [9.17, 15) is 18.0 Å². The van der Waals surface area contributed by atoms with Crippen LogP contribution in [0.3, 0.4) is 0 Å². The van der Waals surface area contributed by atoms with E-state index >= 15 is 0 Å². The topological polar surface area (TPSA) is 84.0 Å². The van der Waals surface area contributed by atoms with E-state index in [1.54, 1.807) is 37.3 Å². The fourth-order valence-corrected chi connectivity index (χ4v) is 9.37. The quantitative estimate of drug-likeness (QED) is 0.412. The number of carbonyl (C=O) groups is 2. The van der Waals surface area contributed by atoms with Crippen molar-refractivity contribution in [1.82, 2.24) is 9.21 Å². The lowest BCUT2D eigenvalue weighted by Gasteiger charge is -2.32. The van der Waals surface area contributed by atoms with Crippen LogP contribution in [0.5, 0.6) is 0 Å². The monoisotopic (exact) mass is 582 g/mol. The van der Waals surface area contributed by atoms with Crippen LogP contribution < -0.4 is 0 Å². The molecule has 2 amide bonds. The summed E-state index contributed by atoms with van der Waals surface area (Å²) in [6.07, 6.45) is 5.12. The molecule has 2 heterocycles. The van der Waals surface area contributed by atoms with Crippen LogP contribution in [-0.4, -0.2) is 48.6 Å². The molecule has 7 nitrogen and oxygen atoms in total. The zero-order chi connectivity index (χ0) is 28.2. The van der Waals surface area contributed by atoms with Crippen molar-refractivity contribution in [2.75, 3.05) is 13.2 Å². The fraction of sp³-hybridized carbons (Fsp3) is 0.484. The van der Waals surface area contributed by atoms with Crippen molar-refractivity contribution in [3.05, 3.63) is 76.0 Å². The summed E-state index contributed by atoms with van der Waals surface area (Å²) in [6.45, 7) is 4.16. The van der Waals surface area contributed by atoms with Crippen LogP contribution in [0.4, 0.5) is 0 Å². The summed E-state index contributed by atoms with van der Waals surface area (Å²) in [5.41, 5.74) is 2.21. The first-order valence-corrected chi connectivity index (χ1v) is 16.1. The van der Waals surface area contributed by atoms with Gasteiger partial charge in [0, 0.05) is 29.9 Å². The Bertz CT molecular complexity index is 1460. The number of carbonyl (C=O) groups excluding carboxylic acids is 2. The largest absolute Gasteiger partial charge is 0.498 e. The Hall–Kier alpha value is -2.68. The number of allylic oxidation sites excluding steroid dienone is 1. The second-order valence-electron chi connectivity index (χ2n) is 11.4. The van der Waals surface area contributed by atoms with E-state index in [1.165, 1.54) is 9.21 Å². The standard InChI is InChI=1S/C31H35ClN2O5S/c1-3-39-25-17-23-27(31(36)34(30(23)35)22-10-5-4-6-11-22)24-18-33(40(37,38)26-12-8-7-9-19(26)2)29(28(24)25)20-13-15-21(32)16-14-20/h7-9,12-16,22-24,27,29H,3-6,10-11,17-18H2,1-2H3/t23-,24-,27-,29-/m0/s1. The summed E-state index contributed by atoms with van der Waals surface area (Å²) < 4.78 is 36.4. The van der Waals surface area contributed by atoms with Crippen LogP contribution in [0, 0.1) is 24.7 Å². The summed E-state index contributed by atoms with van der Waals surface area (Å²) >= 11 is 6.22. The van der Waals surface area contributed by atoms with Gasteiger partial charge >= 0.3 is 0 Å². The molecule has 4 aliphatic rings. The molecule has 2 aromatic rings. The van der Waals surface area contributed by atoms with E-state index in [2.05, 4.69) is 0 Å². The molecule has 9 heteroatoms. The molecule has 212 valence electrons. The number of likely N-dealkylation sites (tertiary alicyclic amines) is 1. The Morgan fingerprint density at radius 1 is 0.950 bits per heavy atom. The first kappa shape index (κ1) is 27.5. The van der Waals surface area contributed by atoms with Gasteiger partial charge in [-0.1, -0.05) is 61.2 Å². The first-order chi connectivity index (χ1) is 19.2. The smallest absolute Gasteiger partial charge is 0.244 e. The van der Waals surface area contributed by atoms with Gasteiger partial charge in [0.15, 0.2) is 0 Å². The van der Waals surface area contributed by atoms with Crippen molar-refractivity contribution < 1.29 is 22.7 Å². The number of benzene rings is 2. The van der Waals surface area contributed by atoms with Gasteiger partial charge in [0.1, 0.15) is 0 Å². The second kappa shape index (κ2) is 10.6.